The maximum absolute atomic E-state index is 14.0. The van der Waals surface area contributed by atoms with Gasteiger partial charge in [0.05, 0.1) is 13.0 Å². The molecule has 13 heteroatoms. The van der Waals surface area contributed by atoms with Crippen molar-refractivity contribution in [3.05, 3.63) is 101 Å². The van der Waals surface area contributed by atoms with Crippen LogP contribution >= 0.6 is 11.6 Å². The third kappa shape index (κ3) is 10.7. The summed E-state index contributed by atoms with van der Waals surface area (Å²) in [7, 11) is 0. The van der Waals surface area contributed by atoms with E-state index >= 15 is 0 Å². The van der Waals surface area contributed by atoms with Crippen LogP contribution in [-0.2, 0) is 41.6 Å². The van der Waals surface area contributed by atoms with Crippen LogP contribution in [0.25, 0.3) is 0 Å². The molecule has 2 aliphatic carbocycles. The molecule has 1 aliphatic heterocycles. The van der Waals surface area contributed by atoms with Crippen molar-refractivity contribution in [2.24, 2.45) is 5.41 Å². The van der Waals surface area contributed by atoms with Crippen LogP contribution in [0.2, 0.25) is 5.02 Å². The van der Waals surface area contributed by atoms with E-state index in [2.05, 4.69) is 31.9 Å². The summed E-state index contributed by atoms with van der Waals surface area (Å²) in [5.74, 6) is -2.21. The molecule has 6 amide bonds. The molecule has 0 aromatic heterocycles. The minimum absolute atomic E-state index is 0.0721. The molecule has 0 radical (unpaired) electrons. The molecule has 1 unspecified atom stereocenters. The Morgan fingerprint density at radius 2 is 1.38 bits per heavy atom. The molecule has 296 valence electrons. The van der Waals surface area contributed by atoms with E-state index in [0.29, 0.717) is 35.8 Å². The number of amides is 6. The van der Waals surface area contributed by atoms with Gasteiger partial charge in [0.25, 0.3) is 5.91 Å². The quantitative estimate of drug-likeness (QED) is 0.197. The van der Waals surface area contributed by atoms with Gasteiger partial charge in [-0.25, -0.2) is 0 Å². The fraction of sp³-hybridized carbons (Fsp3) is 0.442. The lowest BCUT2D eigenvalue weighted by Crippen LogP contribution is -2.51. The summed E-state index contributed by atoms with van der Waals surface area (Å²) in [6.45, 7) is 0.774. The van der Waals surface area contributed by atoms with Crippen molar-refractivity contribution in [1.82, 2.24) is 26.6 Å². The highest BCUT2D eigenvalue weighted by atomic mass is 35.5. The lowest BCUT2D eigenvalue weighted by molar-refractivity contribution is -0.132. The van der Waals surface area contributed by atoms with Crippen molar-refractivity contribution in [1.29, 1.82) is 0 Å². The zero-order valence-corrected chi connectivity index (χ0v) is 32.4. The minimum Gasteiger partial charge on any atom is -0.356 e. The molecule has 1 heterocycles. The fourth-order valence-corrected chi connectivity index (χ4v) is 8.36. The summed E-state index contributed by atoms with van der Waals surface area (Å²) in [6, 6.07) is 22.6. The zero-order valence-electron chi connectivity index (χ0n) is 31.6. The molecular formula is C43H51ClN6O6. The van der Waals surface area contributed by atoms with Crippen molar-refractivity contribution in [2.45, 2.75) is 94.5 Å². The minimum atomic E-state index is -1.20. The van der Waals surface area contributed by atoms with Gasteiger partial charge in [-0.1, -0.05) is 85.1 Å². The van der Waals surface area contributed by atoms with E-state index in [4.69, 9.17) is 11.6 Å². The average Bonchev–Trinajstić information content (AvgIpc) is 3.72. The third-order valence-electron chi connectivity index (χ3n) is 11.2. The van der Waals surface area contributed by atoms with E-state index < -0.39 is 22.9 Å². The highest BCUT2D eigenvalue weighted by Gasteiger charge is 2.62. The van der Waals surface area contributed by atoms with E-state index in [1.165, 1.54) is 0 Å². The Morgan fingerprint density at radius 1 is 0.714 bits per heavy atom. The molecular weight excluding hydrogens is 732 g/mol. The maximum atomic E-state index is 14.0. The first-order chi connectivity index (χ1) is 27.0. The largest absolute Gasteiger partial charge is 0.356 e. The Morgan fingerprint density at radius 3 is 2.09 bits per heavy atom. The second kappa shape index (κ2) is 18.6. The number of hydrogen-bond acceptors (Lipinski definition) is 6. The number of benzene rings is 3. The van der Waals surface area contributed by atoms with Crippen molar-refractivity contribution in [2.75, 3.05) is 25.0 Å². The van der Waals surface area contributed by atoms with Gasteiger partial charge in [-0.2, -0.15) is 0 Å². The topological polar surface area (TPSA) is 175 Å². The van der Waals surface area contributed by atoms with Crippen molar-refractivity contribution in [3.63, 3.8) is 0 Å². The lowest BCUT2D eigenvalue weighted by Gasteiger charge is -2.29. The number of rotatable bonds is 8. The summed E-state index contributed by atoms with van der Waals surface area (Å²) in [5, 5.41) is 17.9. The summed E-state index contributed by atoms with van der Waals surface area (Å²) >= 11 is 6.53. The van der Waals surface area contributed by atoms with E-state index in [-0.39, 0.29) is 67.7 Å². The van der Waals surface area contributed by atoms with Gasteiger partial charge in [-0.15, -0.1) is 0 Å². The molecule has 6 N–H and O–H groups in total. The monoisotopic (exact) mass is 782 g/mol. The summed E-state index contributed by atoms with van der Waals surface area (Å²) < 4.78 is 0. The van der Waals surface area contributed by atoms with Gasteiger partial charge in [-0.3, -0.25) is 28.8 Å². The molecule has 12 nitrogen and oxygen atoms in total. The van der Waals surface area contributed by atoms with Gasteiger partial charge in [-0.05, 0) is 78.8 Å². The SMILES string of the molecule is O=C1CNC(=O)[C@@H](Cc2ccc(NC(=O)C3(NC(=O)Cc4ccccc4)C[C@H]3c3ccccc3Cl)cc2)NC(=O)CC2(CCCC2)CC(=O)NCCCCCN1. The molecule has 0 bridgehead atoms. The Kier molecular flexibility index (Phi) is 13.4. The molecule has 3 fully saturated rings. The Hall–Kier alpha value is -5.23. The molecule has 56 heavy (non-hydrogen) atoms. The van der Waals surface area contributed by atoms with Crippen LogP contribution in [0.3, 0.4) is 0 Å². The van der Waals surface area contributed by atoms with Gasteiger partial charge < -0.3 is 31.9 Å². The second-order valence-electron chi connectivity index (χ2n) is 15.5. The van der Waals surface area contributed by atoms with Crippen LogP contribution in [0.4, 0.5) is 5.69 Å². The fourth-order valence-electron chi connectivity index (χ4n) is 8.09. The van der Waals surface area contributed by atoms with Crippen LogP contribution in [0.1, 0.15) is 86.8 Å². The number of carbonyl (C=O) groups excluding carboxylic acids is 6. The molecule has 3 atom stereocenters. The first-order valence-electron chi connectivity index (χ1n) is 19.6. The number of anilines is 1. The average molecular weight is 783 g/mol. The Bertz CT molecular complexity index is 1900. The normalized spacial score (nSPS) is 23.4. The summed E-state index contributed by atoms with van der Waals surface area (Å²) in [6.07, 6.45) is 6.76. The number of carbonyl (C=O) groups is 6. The van der Waals surface area contributed by atoms with Crippen LogP contribution in [0.5, 0.6) is 0 Å². The Labute approximate surface area is 332 Å². The first kappa shape index (κ1) is 40.4. The van der Waals surface area contributed by atoms with Crippen molar-refractivity contribution < 1.29 is 28.8 Å². The van der Waals surface area contributed by atoms with Crippen LogP contribution in [0.15, 0.2) is 78.9 Å². The van der Waals surface area contributed by atoms with Crippen LogP contribution < -0.4 is 31.9 Å². The molecule has 3 aliphatic rings. The van der Waals surface area contributed by atoms with E-state index in [1.54, 1.807) is 30.3 Å². The van der Waals surface area contributed by atoms with E-state index in [9.17, 15) is 28.8 Å². The molecule has 6 rings (SSSR count). The molecule has 3 aromatic carbocycles. The second-order valence-corrected chi connectivity index (χ2v) is 15.9. The van der Waals surface area contributed by atoms with Crippen molar-refractivity contribution >= 4 is 52.7 Å². The summed E-state index contributed by atoms with van der Waals surface area (Å²) in [4.78, 5) is 79.7. The standard InChI is InChI=1S/C43H51ClN6O6/c44-34-14-6-5-13-32(34)33-25-43(33,50-36(51)24-29-11-3-1-4-12-29)41(56)48-31-17-15-30(16-18-31)23-35-40(55)47-28-39(54)46-22-10-2-9-21-45-37(52)26-42(19-7-8-20-42)27-38(53)49-35/h1,3-6,11-18,33,35H,2,7-10,19-28H2,(H,45,52)(H,46,54)(H,47,55)(H,48,56)(H,49,53)(H,50,51)/t33-,35+,43?/m0/s1. The highest BCUT2D eigenvalue weighted by Crippen LogP contribution is 2.54. The number of nitrogens with one attached hydrogen (secondary N) is 6. The highest BCUT2D eigenvalue weighted by molar-refractivity contribution is 6.31. The van der Waals surface area contributed by atoms with Gasteiger partial charge in [0, 0.05) is 49.0 Å². The van der Waals surface area contributed by atoms with Crippen LogP contribution in [0, 0.1) is 5.41 Å². The zero-order chi connectivity index (χ0) is 39.5. The first-order valence-corrected chi connectivity index (χ1v) is 20.0. The van der Waals surface area contributed by atoms with E-state index in [1.807, 2.05) is 48.5 Å². The van der Waals surface area contributed by atoms with Gasteiger partial charge >= 0.3 is 0 Å². The van der Waals surface area contributed by atoms with Gasteiger partial charge in [0.2, 0.25) is 29.5 Å². The molecule has 3 aromatic rings. The summed E-state index contributed by atoms with van der Waals surface area (Å²) in [5.41, 5.74) is 1.12. The predicted octanol–water partition coefficient (Wildman–Crippen LogP) is 4.46. The molecule has 1 saturated heterocycles. The third-order valence-corrected chi connectivity index (χ3v) is 11.5. The maximum Gasteiger partial charge on any atom is 0.250 e. The number of halogens is 1. The van der Waals surface area contributed by atoms with Gasteiger partial charge in [0.1, 0.15) is 11.6 Å². The molecule has 1 spiro atoms. The molecule has 2 saturated carbocycles. The number of hydrogen-bond donors (Lipinski definition) is 6. The lowest BCUT2D eigenvalue weighted by atomic mass is 9.78. The van der Waals surface area contributed by atoms with Crippen molar-refractivity contribution in [3.8, 4) is 0 Å². The van der Waals surface area contributed by atoms with Gasteiger partial charge in [0.15, 0.2) is 0 Å². The van der Waals surface area contributed by atoms with Crippen LogP contribution in [-0.4, -0.2) is 66.7 Å². The smallest absolute Gasteiger partial charge is 0.250 e. The van der Waals surface area contributed by atoms with E-state index in [0.717, 1.165) is 56.1 Å². The Balaban J connectivity index is 1.15. The predicted molar refractivity (Wildman–Crippen MR) is 214 cm³/mol.